The summed E-state index contributed by atoms with van der Waals surface area (Å²) in [6.07, 6.45) is 1.32. The minimum atomic E-state index is -1.07. The third-order valence-electron chi connectivity index (χ3n) is 4.28. The highest BCUT2D eigenvalue weighted by molar-refractivity contribution is 6.43. The lowest BCUT2D eigenvalue weighted by Gasteiger charge is -2.17. The minimum Gasteiger partial charge on any atom is -0.355 e. The summed E-state index contributed by atoms with van der Waals surface area (Å²) in [5, 5.41) is 3.63. The second-order valence-electron chi connectivity index (χ2n) is 6.53. The lowest BCUT2D eigenvalue weighted by Crippen LogP contribution is -2.38. The molecule has 0 aliphatic carbocycles. The van der Waals surface area contributed by atoms with Crippen LogP contribution in [0.3, 0.4) is 0 Å². The summed E-state index contributed by atoms with van der Waals surface area (Å²) in [7, 11) is 3.12. The topological polar surface area (TPSA) is 86.8 Å². The fourth-order valence-electron chi connectivity index (χ4n) is 2.66. The van der Waals surface area contributed by atoms with Gasteiger partial charge in [-0.05, 0) is 30.5 Å². The van der Waals surface area contributed by atoms with Crippen LogP contribution in [0, 0.1) is 5.92 Å². The highest BCUT2D eigenvalue weighted by atomic mass is 35.5. The third kappa shape index (κ3) is 5.43. The molecule has 0 aromatic heterocycles. The van der Waals surface area contributed by atoms with E-state index in [0.29, 0.717) is 29.4 Å². The maximum atomic E-state index is 12.2. The maximum absolute atomic E-state index is 12.2. The summed E-state index contributed by atoms with van der Waals surface area (Å²) in [5.41, 5.74) is 0.985. The average molecular weight is 414 g/mol. The van der Waals surface area contributed by atoms with Gasteiger partial charge in [-0.15, -0.1) is 0 Å². The van der Waals surface area contributed by atoms with Gasteiger partial charge in [0, 0.05) is 27.2 Å². The average Bonchev–Trinajstić information content (AvgIpc) is 2.90. The van der Waals surface area contributed by atoms with E-state index in [0.717, 1.165) is 10.5 Å². The summed E-state index contributed by atoms with van der Waals surface area (Å²) in [4.78, 5) is 50.4. The zero-order valence-corrected chi connectivity index (χ0v) is 16.6. The molecule has 0 spiro atoms. The Morgan fingerprint density at radius 1 is 1.22 bits per heavy atom. The fourth-order valence-corrected chi connectivity index (χ4v) is 2.98. The molecule has 1 atom stereocenters. The molecule has 9 heteroatoms. The highest BCUT2D eigenvalue weighted by Gasteiger charge is 2.43. The van der Waals surface area contributed by atoms with Crippen LogP contribution in [0.15, 0.2) is 18.2 Å². The smallest absolute Gasteiger partial charge is 0.291 e. The molecular weight excluding hydrogens is 393 g/mol. The van der Waals surface area contributed by atoms with Crippen LogP contribution in [0.1, 0.15) is 12.0 Å². The molecule has 7 nitrogen and oxygen atoms in total. The minimum absolute atomic E-state index is 0.0735. The van der Waals surface area contributed by atoms with Crippen LogP contribution in [0.5, 0.6) is 0 Å². The fraction of sp³-hybridized carbons (Fsp3) is 0.444. The van der Waals surface area contributed by atoms with Gasteiger partial charge in [0.1, 0.15) is 12.5 Å². The monoisotopic (exact) mass is 413 g/mol. The standard InChI is InChI=1S/C18H21Cl2N3O4/c1-22(2)15(24)10-23-9-12(16(25)18(23)27)17(26)21-7-3-4-11-5-6-13(19)14(20)8-11/h5-6,8,12H,3-4,7,9-10H2,1-2H3,(H,21,26). The first-order chi connectivity index (χ1) is 12.7. The van der Waals surface area contributed by atoms with Crippen LogP contribution in [-0.2, 0) is 25.6 Å². The van der Waals surface area contributed by atoms with Crippen LogP contribution < -0.4 is 5.32 Å². The van der Waals surface area contributed by atoms with Gasteiger partial charge in [-0.1, -0.05) is 29.3 Å². The molecule has 1 aromatic carbocycles. The summed E-state index contributed by atoms with van der Waals surface area (Å²) in [6.45, 7) is 0.0717. The van der Waals surface area contributed by atoms with E-state index in [1.807, 2.05) is 6.07 Å². The van der Waals surface area contributed by atoms with Crippen LogP contribution >= 0.6 is 23.2 Å². The van der Waals surface area contributed by atoms with E-state index < -0.39 is 23.5 Å². The number of carbonyl (C=O) groups excluding carboxylic acids is 4. The first-order valence-electron chi connectivity index (χ1n) is 8.45. The number of halogens is 2. The summed E-state index contributed by atoms with van der Waals surface area (Å²) in [6, 6.07) is 5.34. The van der Waals surface area contributed by atoms with Crippen molar-refractivity contribution in [3.63, 3.8) is 0 Å². The van der Waals surface area contributed by atoms with E-state index in [1.54, 1.807) is 26.2 Å². The molecule has 146 valence electrons. The van der Waals surface area contributed by atoms with Crippen LogP contribution in [0.25, 0.3) is 0 Å². The molecular formula is C18H21Cl2N3O4. The van der Waals surface area contributed by atoms with Gasteiger partial charge >= 0.3 is 0 Å². The number of Topliss-reactive ketones (excluding diaryl/α,β-unsaturated/α-hetero) is 1. The van der Waals surface area contributed by atoms with Gasteiger partial charge in [0.15, 0.2) is 0 Å². The summed E-state index contributed by atoms with van der Waals surface area (Å²) >= 11 is 11.8. The van der Waals surface area contributed by atoms with Crippen molar-refractivity contribution in [2.24, 2.45) is 5.92 Å². The number of hydrogen-bond donors (Lipinski definition) is 1. The second kappa shape index (κ2) is 9.19. The first-order valence-corrected chi connectivity index (χ1v) is 9.21. The predicted octanol–water partition coefficient (Wildman–Crippen LogP) is 1.16. The largest absolute Gasteiger partial charge is 0.355 e. The van der Waals surface area contributed by atoms with Crippen molar-refractivity contribution < 1.29 is 19.2 Å². The number of ketones is 1. The van der Waals surface area contributed by atoms with Gasteiger partial charge in [-0.3, -0.25) is 19.2 Å². The summed E-state index contributed by atoms with van der Waals surface area (Å²) in [5.74, 6) is -3.44. The molecule has 2 rings (SSSR count). The lowest BCUT2D eigenvalue weighted by molar-refractivity contribution is -0.144. The molecule has 3 amide bonds. The molecule has 1 aliphatic rings. The van der Waals surface area contributed by atoms with Gasteiger partial charge in [0.25, 0.3) is 5.91 Å². The van der Waals surface area contributed by atoms with Crippen molar-refractivity contribution in [3.05, 3.63) is 33.8 Å². The Hall–Kier alpha value is -2.12. The van der Waals surface area contributed by atoms with Gasteiger partial charge in [-0.25, -0.2) is 0 Å². The Balaban J connectivity index is 1.81. The van der Waals surface area contributed by atoms with E-state index in [1.165, 1.54) is 4.90 Å². The third-order valence-corrected chi connectivity index (χ3v) is 5.02. The Labute approximate surface area is 167 Å². The molecule has 0 saturated carbocycles. The summed E-state index contributed by atoms with van der Waals surface area (Å²) < 4.78 is 0. The van der Waals surface area contributed by atoms with Crippen molar-refractivity contribution in [3.8, 4) is 0 Å². The molecule has 27 heavy (non-hydrogen) atoms. The Morgan fingerprint density at radius 3 is 2.56 bits per heavy atom. The molecule has 1 aromatic rings. The van der Waals surface area contributed by atoms with Crippen molar-refractivity contribution in [2.45, 2.75) is 12.8 Å². The number of benzene rings is 1. The molecule has 1 aliphatic heterocycles. The molecule has 0 bridgehead atoms. The van der Waals surface area contributed by atoms with Gasteiger partial charge in [0.2, 0.25) is 17.6 Å². The molecule has 1 N–H and O–H groups in total. The van der Waals surface area contributed by atoms with Crippen LogP contribution in [0.2, 0.25) is 10.0 Å². The number of hydrogen-bond acceptors (Lipinski definition) is 4. The van der Waals surface area contributed by atoms with Crippen molar-refractivity contribution in [1.29, 1.82) is 0 Å². The van der Waals surface area contributed by atoms with E-state index in [4.69, 9.17) is 23.2 Å². The number of aryl methyl sites for hydroxylation is 1. The quantitative estimate of drug-likeness (QED) is 0.412. The van der Waals surface area contributed by atoms with Gasteiger partial charge in [0.05, 0.1) is 10.0 Å². The van der Waals surface area contributed by atoms with Gasteiger partial charge in [-0.2, -0.15) is 0 Å². The maximum Gasteiger partial charge on any atom is 0.291 e. The lowest BCUT2D eigenvalue weighted by atomic mass is 10.1. The Kier molecular flexibility index (Phi) is 7.21. The number of amides is 3. The number of nitrogens with zero attached hydrogens (tertiary/aromatic N) is 2. The first kappa shape index (κ1) is 21.2. The van der Waals surface area contributed by atoms with E-state index in [-0.39, 0.29) is 19.0 Å². The normalized spacial score (nSPS) is 16.6. The van der Waals surface area contributed by atoms with Gasteiger partial charge < -0.3 is 15.1 Å². The van der Waals surface area contributed by atoms with Crippen LogP contribution in [0.4, 0.5) is 0 Å². The van der Waals surface area contributed by atoms with Crippen molar-refractivity contribution >= 4 is 46.7 Å². The zero-order chi connectivity index (χ0) is 20.1. The molecule has 0 radical (unpaired) electrons. The molecule has 1 heterocycles. The number of likely N-dealkylation sites (tertiary alicyclic amines) is 1. The molecule has 1 unspecified atom stereocenters. The zero-order valence-electron chi connectivity index (χ0n) is 15.1. The van der Waals surface area contributed by atoms with Crippen molar-refractivity contribution in [1.82, 2.24) is 15.1 Å². The van der Waals surface area contributed by atoms with Crippen molar-refractivity contribution in [2.75, 3.05) is 33.7 Å². The number of rotatable bonds is 7. The number of likely N-dealkylation sites (N-methyl/N-ethyl adjacent to an activating group) is 1. The molecule has 1 saturated heterocycles. The number of carbonyl (C=O) groups is 4. The van der Waals surface area contributed by atoms with E-state index in [9.17, 15) is 19.2 Å². The molecule has 1 fully saturated rings. The van der Waals surface area contributed by atoms with E-state index in [2.05, 4.69) is 5.32 Å². The second-order valence-corrected chi connectivity index (χ2v) is 7.35. The SMILES string of the molecule is CN(C)C(=O)CN1CC(C(=O)NCCCc2ccc(Cl)c(Cl)c2)C(=O)C1=O. The Morgan fingerprint density at radius 2 is 1.93 bits per heavy atom. The van der Waals surface area contributed by atoms with Crippen LogP contribution in [-0.4, -0.2) is 67.0 Å². The predicted molar refractivity (Wildman–Crippen MR) is 102 cm³/mol. The Bertz CT molecular complexity index is 767. The highest BCUT2D eigenvalue weighted by Crippen LogP contribution is 2.23. The van der Waals surface area contributed by atoms with E-state index >= 15 is 0 Å². The number of nitrogens with one attached hydrogen (secondary N) is 1.